The molecular weight excluding hydrogens is 556 g/mol. The lowest BCUT2D eigenvalue weighted by Gasteiger charge is -2.32. The van der Waals surface area contributed by atoms with Crippen LogP contribution in [0.3, 0.4) is 0 Å². The number of alkyl halides is 2. The number of para-hydroxylation sites is 1. The quantitative estimate of drug-likeness (QED) is 0.374. The van der Waals surface area contributed by atoms with E-state index in [1.165, 1.54) is 20.3 Å². The summed E-state index contributed by atoms with van der Waals surface area (Å²) in [6.45, 7) is 0.383. The maximum absolute atomic E-state index is 13.9. The Morgan fingerprint density at radius 2 is 1.78 bits per heavy atom. The van der Waals surface area contributed by atoms with Crippen molar-refractivity contribution in [1.29, 1.82) is 0 Å². The van der Waals surface area contributed by atoms with Crippen molar-refractivity contribution >= 4 is 29.1 Å². The standard InChI is InChI=1S/C30H30ClF2N3O5/c1-40-21-11-18(12-22(14-21)41-2)30(39)24-5-3-4-6-25(24)36(29(30)38)16-17-7-9-20(10-8-17)35-28(37)23-13-19(31)15-34-26(23)27(32)33/h3-6,11-15,17,20,27,39H,7-10,16H2,1-2H3,(H,35,37). The summed E-state index contributed by atoms with van der Waals surface area (Å²) in [6.07, 6.45) is 0.788. The van der Waals surface area contributed by atoms with E-state index in [9.17, 15) is 23.5 Å². The predicted molar refractivity (Wildman–Crippen MR) is 149 cm³/mol. The van der Waals surface area contributed by atoms with Gasteiger partial charge in [-0.15, -0.1) is 0 Å². The number of pyridine rings is 1. The number of amides is 2. The SMILES string of the molecule is COc1cc(OC)cc(C2(O)C(=O)N(CC3CCC(NC(=O)c4cc(Cl)cnc4C(F)F)CC3)c3ccccc32)c1. The number of ether oxygens (including phenoxy) is 2. The third-order valence-electron chi connectivity index (χ3n) is 7.87. The molecule has 2 aromatic carbocycles. The number of aliphatic hydroxyl groups is 1. The zero-order valence-electron chi connectivity index (χ0n) is 22.6. The molecule has 3 aromatic rings. The Kier molecular flexibility index (Phi) is 8.15. The van der Waals surface area contributed by atoms with Crippen LogP contribution < -0.4 is 19.7 Å². The molecule has 1 aliphatic heterocycles. The highest BCUT2D eigenvalue weighted by Gasteiger charge is 2.51. The fourth-order valence-corrected chi connectivity index (χ4v) is 5.89. The molecule has 0 spiro atoms. The Balaban J connectivity index is 1.30. The number of anilines is 1. The maximum Gasteiger partial charge on any atom is 0.281 e. The van der Waals surface area contributed by atoms with Crippen molar-refractivity contribution in [3.63, 3.8) is 0 Å². The monoisotopic (exact) mass is 585 g/mol. The van der Waals surface area contributed by atoms with Crippen LogP contribution in [0, 0.1) is 5.92 Å². The lowest BCUT2D eigenvalue weighted by molar-refractivity contribution is -0.132. The molecule has 2 N–H and O–H groups in total. The number of methoxy groups -OCH3 is 2. The zero-order valence-corrected chi connectivity index (χ0v) is 23.3. The van der Waals surface area contributed by atoms with Crippen LogP contribution in [0.4, 0.5) is 14.5 Å². The molecule has 0 radical (unpaired) electrons. The molecule has 216 valence electrons. The molecule has 1 atom stereocenters. The summed E-state index contributed by atoms with van der Waals surface area (Å²) < 4.78 is 37.5. The van der Waals surface area contributed by atoms with Gasteiger partial charge >= 0.3 is 0 Å². The van der Waals surface area contributed by atoms with Gasteiger partial charge in [-0.3, -0.25) is 14.6 Å². The number of hydrogen-bond acceptors (Lipinski definition) is 6. The van der Waals surface area contributed by atoms with Crippen molar-refractivity contribution in [1.82, 2.24) is 10.3 Å². The van der Waals surface area contributed by atoms with Gasteiger partial charge in [-0.25, -0.2) is 8.78 Å². The number of benzene rings is 2. The largest absolute Gasteiger partial charge is 0.497 e. The molecule has 2 heterocycles. The number of hydrogen-bond donors (Lipinski definition) is 2. The van der Waals surface area contributed by atoms with Gasteiger partial charge in [0.2, 0.25) is 0 Å². The van der Waals surface area contributed by atoms with Gasteiger partial charge in [-0.05, 0) is 55.9 Å². The van der Waals surface area contributed by atoms with Gasteiger partial charge in [0.05, 0.1) is 30.5 Å². The van der Waals surface area contributed by atoms with E-state index in [0.717, 1.165) is 6.20 Å². The maximum atomic E-state index is 13.9. The first kappa shape index (κ1) is 28.8. The molecule has 1 fully saturated rings. The lowest BCUT2D eigenvalue weighted by atomic mass is 9.85. The Morgan fingerprint density at radius 1 is 1.12 bits per heavy atom. The summed E-state index contributed by atoms with van der Waals surface area (Å²) in [5.41, 5.74) is -1.30. The molecule has 1 aliphatic carbocycles. The number of fused-ring (bicyclic) bond motifs is 1. The summed E-state index contributed by atoms with van der Waals surface area (Å²) >= 11 is 5.90. The summed E-state index contributed by atoms with van der Waals surface area (Å²) in [5, 5.41) is 14.9. The third-order valence-corrected chi connectivity index (χ3v) is 8.07. The first-order valence-electron chi connectivity index (χ1n) is 13.3. The van der Waals surface area contributed by atoms with Crippen molar-refractivity contribution in [2.45, 2.75) is 43.8 Å². The Bertz CT molecular complexity index is 1440. The average Bonchev–Trinajstić information content (AvgIpc) is 3.20. The second-order valence-electron chi connectivity index (χ2n) is 10.3. The van der Waals surface area contributed by atoms with Crippen LogP contribution in [-0.4, -0.2) is 48.7 Å². The lowest BCUT2D eigenvalue weighted by Crippen LogP contribution is -2.44. The summed E-state index contributed by atoms with van der Waals surface area (Å²) in [4.78, 5) is 31.9. The number of nitrogens with one attached hydrogen (secondary N) is 1. The van der Waals surface area contributed by atoms with E-state index in [-0.39, 0.29) is 22.5 Å². The van der Waals surface area contributed by atoms with Crippen LogP contribution in [0.25, 0.3) is 0 Å². The molecule has 0 saturated heterocycles. The highest BCUT2D eigenvalue weighted by atomic mass is 35.5. The van der Waals surface area contributed by atoms with E-state index in [1.807, 2.05) is 12.1 Å². The summed E-state index contributed by atoms with van der Waals surface area (Å²) in [5.74, 6) is -0.0948. The molecule has 11 heteroatoms. The van der Waals surface area contributed by atoms with Crippen LogP contribution in [-0.2, 0) is 10.4 Å². The number of halogens is 3. The number of nitrogens with zero attached hydrogens (tertiary/aromatic N) is 2. The van der Waals surface area contributed by atoms with Crippen molar-refractivity contribution in [2.24, 2.45) is 5.92 Å². The van der Waals surface area contributed by atoms with E-state index in [0.29, 0.717) is 60.5 Å². The minimum absolute atomic E-state index is 0.103. The van der Waals surface area contributed by atoms with Crippen molar-refractivity contribution in [3.05, 3.63) is 82.1 Å². The van der Waals surface area contributed by atoms with Crippen molar-refractivity contribution < 1.29 is 33.0 Å². The number of aromatic nitrogens is 1. The van der Waals surface area contributed by atoms with Gasteiger partial charge in [-0.2, -0.15) is 0 Å². The van der Waals surface area contributed by atoms with Crippen molar-refractivity contribution in [3.8, 4) is 11.5 Å². The van der Waals surface area contributed by atoms with Gasteiger partial charge in [0.25, 0.3) is 18.2 Å². The zero-order chi connectivity index (χ0) is 29.3. The second kappa shape index (κ2) is 11.6. The Hall–Kier alpha value is -3.76. The molecule has 5 rings (SSSR count). The van der Waals surface area contributed by atoms with Crippen LogP contribution in [0.5, 0.6) is 11.5 Å². The van der Waals surface area contributed by atoms with E-state index in [2.05, 4.69) is 10.3 Å². The fraction of sp³-hybridized carbons (Fsp3) is 0.367. The Labute approximate surface area is 241 Å². The third kappa shape index (κ3) is 5.46. The van der Waals surface area contributed by atoms with Crippen LogP contribution in [0.15, 0.2) is 54.7 Å². The minimum atomic E-state index is -2.90. The topological polar surface area (TPSA) is 101 Å². The molecule has 41 heavy (non-hydrogen) atoms. The highest BCUT2D eigenvalue weighted by molar-refractivity contribution is 6.30. The van der Waals surface area contributed by atoms with Crippen LogP contribution >= 0.6 is 11.6 Å². The van der Waals surface area contributed by atoms with Crippen LogP contribution in [0.1, 0.15) is 59.3 Å². The first-order chi connectivity index (χ1) is 19.6. The van der Waals surface area contributed by atoms with Gasteiger partial charge in [0.15, 0.2) is 5.60 Å². The minimum Gasteiger partial charge on any atom is -0.497 e. The molecule has 2 amide bonds. The van der Waals surface area contributed by atoms with Crippen LogP contribution in [0.2, 0.25) is 5.02 Å². The van der Waals surface area contributed by atoms with E-state index >= 15 is 0 Å². The Morgan fingerprint density at radius 3 is 2.41 bits per heavy atom. The molecule has 0 bridgehead atoms. The number of rotatable bonds is 8. The average molecular weight is 586 g/mol. The molecule has 1 saturated carbocycles. The fourth-order valence-electron chi connectivity index (χ4n) is 5.73. The first-order valence-corrected chi connectivity index (χ1v) is 13.6. The van der Waals surface area contributed by atoms with E-state index < -0.39 is 29.5 Å². The molecule has 1 aromatic heterocycles. The van der Waals surface area contributed by atoms with E-state index in [4.69, 9.17) is 21.1 Å². The van der Waals surface area contributed by atoms with Gasteiger partial charge < -0.3 is 24.8 Å². The second-order valence-corrected chi connectivity index (χ2v) is 10.8. The molecule has 2 aliphatic rings. The summed E-state index contributed by atoms with van der Waals surface area (Å²) in [7, 11) is 3.00. The molecular formula is C30H30ClF2N3O5. The number of carbonyl (C=O) groups excluding carboxylic acids is 2. The highest BCUT2D eigenvalue weighted by Crippen LogP contribution is 2.46. The summed E-state index contributed by atoms with van der Waals surface area (Å²) in [6, 6.07) is 13.1. The normalized spacial score (nSPS) is 22.0. The smallest absolute Gasteiger partial charge is 0.281 e. The van der Waals surface area contributed by atoms with Gasteiger partial charge in [0, 0.05) is 36.0 Å². The number of carbonyl (C=O) groups is 2. The molecule has 1 unspecified atom stereocenters. The van der Waals surface area contributed by atoms with Gasteiger partial charge in [0.1, 0.15) is 17.2 Å². The predicted octanol–water partition coefficient (Wildman–Crippen LogP) is 5.26. The van der Waals surface area contributed by atoms with E-state index in [1.54, 1.807) is 35.2 Å². The van der Waals surface area contributed by atoms with Crippen molar-refractivity contribution in [2.75, 3.05) is 25.7 Å². The molecule has 8 nitrogen and oxygen atoms in total. The van der Waals surface area contributed by atoms with Gasteiger partial charge in [-0.1, -0.05) is 29.8 Å².